The van der Waals surface area contributed by atoms with Gasteiger partial charge in [0.1, 0.15) is 5.69 Å². The number of rotatable bonds is 1. The molecule has 1 aromatic rings. The molecule has 0 saturated carbocycles. The van der Waals surface area contributed by atoms with Gasteiger partial charge in [0.25, 0.3) is 5.56 Å². The molecular weight excluding hydrogens is 179 g/mol. The molecule has 1 rings (SSSR count). The van der Waals surface area contributed by atoms with Gasteiger partial charge in [0, 0.05) is 6.07 Å². The van der Waals surface area contributed by atoms with Crippen molar-refractivity contribution in [2.24, 2.45) is 0 Å². The van der Waals surface area contributed by atoms with Crippen molar-refractivity contribution in [3.63, 3.8) is 0 Å². The van der Waals surface area contributed by atoms with Crippen molar-refractivity contribution < 1.29 is 9.90 Å². The molecule has 3 N–H and O–H groups in total. The van der Waals surface area contributed by atoms with E-state index in [2.05, 4.69) is 0 Å². The number of carboxylic acids is 1. The fourth-order valence-corrected chi connectivity index (χ4v) is 0.584. The van der Waals surface area contributed by atoms with Crippen LogP contribution >= 0.6 is 0 Å². The molecule has 0 atom stereocenters. The molecule has 0 amide bonds. The van der Waals surface area contributed by atoms with Gasteiger partial charge in [-0.25, -0.2) is 9.59 Å². The Bertz CT molecular complexity index is 365. The Kier molecular flexibility index (Phi) is 3.47. The highest BCUT2D eigenvalue weighted by atomic mass is 27.0. The van der Waals surface area contributed by atoms with Crippen molar-refractivity contribution in [1.82, 2.24) is 9.97 Å². The highest BCUT2D eigenvalue weighted by Crippen LogP contribution is 1.81. The van der Waals surface area contributed by atoms with E-state index in [1.54, 1.807) is 0 Å². The van der Waals surface area contributed by atoms with Crippen LogP contribution in [0.25, 0.3) is 0 Å². The maximum Gasteiger partial charge on any atom is 0.352 e. The zero-order valence-electron chi connectivity index (χ0n) is 5.25. The molecule has 0 saturated heterocycles. The lowest BCUT2D eigenvalue weighted by molar-refractivity contribution is 0.0689. The molecule has 0 aliphatic rings. The zero-order valence-corrected chi connectivity index (χ0v) is 5.25. The summed E-state index contributed by atoms with van der Waals surface area (Å²) in [4.78, 5) is 34.9. The predicted molar refractivity (Wildman–Crippen MR) is 44.6 cm³/mol. The Hall–Kier alpha value is -1.32. The first-order chi connectivity index (χ1) is 5.09. The lowest BCUT2D eigenvalue weighted by Crippen LogP contribution is -2.24. The van der Waals surface area contributed by atoms with Crippen molar-refractivity contribution in [3.8, 4) is 0 Å². The molecule has 0 aliphatic heterocycles. The molecule has 0 spiro atoms. The second kappa shape index (κ2) is 3.90. The molecule has 0 fully saturated rings. The number of aromatic nitrogens is 2. The second-order valence-electron chi connectivity index (χ2n) is 1.81. The van der Waals surface area contributed by atoms with Crippen LogP contribution in [0.2, 0.25) is 0 Å². The topological polar surface area (TPSA) is 103 Å². The molecule has 7 heteroatoms. The van der Waals surface area contributed by atoms with Gasteiger partial charge in [-0.05, 0) is 0 Å². The smallest absolute Gasteiger partial charge is 0.352 e. The van der Waals surface area contributed by atoms with Crippen LogP contribution in [0.3, 0.4) is 0 Å². The fraction of sp³-hybridized carbons (Fsp3) is 0. The SMILES string of the molecule is O=C(O)c1cc(=O)[nH]c(=O)[nH]1.[AlH3]. The van der Waals surface area contributed by atoms with Crippen molar-refractivity contribution in [3.05, 3.63) is 32.6 Å². The third-order valence-electron chi connectivity index (χ3n) is 0.991. The lowest BCUT2D eigenvalue weighted by Gasteiger charge is -1.89. The number of hydrogen-bond donors (Lipinski definition) is 3. The summed E-state index contributed by atoms with van der Waals surface area (Å²) in [5, 5.41) is 8.31. The van der Waals surface area contributed by atoms with Crippen LogP contribution in [0.1, 0.15) is 10.5 Å². The molecule has 6 nitrogen and oxygen atoms in total. The summed E-state index contributed by atoms with van der Waals surface area (Å²) in [6.45, 7) is 0. The summed E-state index contributed by atoms with van der Waals surface area (Å²) < 4.78 is 0. The summed E-state index contributed by atoms with van der Waals surface area (Å²) in [7, 11) is 0. The lowest BCUT2D eigenvalue weighted by atomic mass is 10.4. The van der Waals surface area contributed by atoms with Gasteiger partial charge >= 0.3 is 11.7 Å². The Morgan fingerprint density at radius 3 is 2.33 bits per heavy atom. The van der Waals surface area contributed by atoms with Crippen LogP contribution in [-0.2, 0) is 0 Å². The normalized spacial score (nSPS) is 8.67. The first-order valence-electron chi connectivity index (χ1n) is 2.66. The van der Waals surface area contributed by atoms with Crippen molar-refractivity contribution in [1.29, 1.82) is 0 Å². The van der Waals surface area contributed by atoms with Gasteiger partial charge in [0.2, 0.25) is 0 Å². The Morgan fingerprint density at radius 1 is 1.33 bits per heavy atom. The number of nitrogens with one attached hydrogen (secondary N) is 2. The summed E-state index contributed by atoms with van der Waals surface area (Å²) in [5.74, 6) is -1.34. The molecule has 0 unspecified atom stereocenters. The quantitative estimate of drug-likeness (QED) is 0.424. The number of aromatic carboxylic acids is 1. The average molecular weight is 186 g/mol. The molecule has 1 heterocycles. The number of carbonyl (C=O) groups is 1. The molecular formula is C5H7AlN2O4. The molecule has 64 valence electrons. The minimum absolute atomic E-state index is 0. The summed E-state index contributed by atoms with van der Waals surface area (Å²) >= 11 is 0. The largest absolute Gasteiger partial charge is 0.477 e. The predicted octanol–water partition coefficient (Wildman–Crippen LogP) is -2.42. The van der Waals surface area contributed by atoms with Gasteiger partial charge in [0.15, 0.2) is 17.4 Å². The van der Waals surface area contributed by atoms with Gasteiger partial charge in [-0.15, -0.1) is 0 Å². The summed E-state index contributed by atoms with van der Waals surface area (Å²) in [5.41, 5.74) is -1.97. The van der Waals surface area contributed by atoms with Crippen LogP contribution in [-0.4, -0.2) is 38.4 Å². The van der Waals surface area contributed by atoms with Gasteiger partial charge in [-0.3, -0.25) is 9.78 Å². The monoisotopic (exact) mass is 186 g/mol. The standard InChI is InChI=1S/C5H4N2O4.Al.3H/c8-3-1-2(4(9)10)6-5(11)7-3;;;;/h1H,(H,9,10)(H2,6,7,8,11);;;;. The molecule has 0 aliphatic carbocycles. The summed E-state index contributed by atoms with van der Waals surface area (Å²) in [6, 6.07) is 0.795. The Labute approximate surface area is 76.4 Å². The van der Waals surface area contributed by atoms with Crippen LogP contribution in [0.5, 0.6) is 0 Å². The Morgan fingerprint density at radius 2 is 1.92 bits per heavy atom. The van der Waals surface area contributed by atoms with E-state index in [4.69, 9.17) is 5.11 Å². The van der Waals surface area contributed by atoms with Gasteiger partial charge in [0.05, 0.1) is 0 Å². The summed E-state index contributed by atoms with van der Waals surface area (Å²) in [6.07, 6.45) is 0. The first-order valence-corrected chi connectivity index (χ1v) is 2.66. The van der Waals surface area contributed by atoms with Gasteiger partial charge in [-0.1, -0.05) is 0 Å². The highest BCUT2D eigenvalue weighted by molar-refractivity contribution is 5.84. The van der Waals surface area contributed by atoms with Crippen molar-refractivity contribution >= 4 is 23.3 Å². The molecule has 0 bridgehead atoms. The maximum absolute atomic E-state index is 10.5. The number of aromatic amines is 2. The van der Waals surface area contributed by atoms with Gasteiger partial charge < -0.3 is 10.1 Å². The third-order valence-corrected chi connectivity index (χ3v) is 0.991. The maximum atomic E-state index is 10.5. The van der Waals surface area contributed by atoms with E-state index < -0.39 is 22.9 Å². The van der Waals surface area contributed by atoms with Crippen LogP contribution in [0.15, 0.2) is 15.7 Å². The van der Waals surface area contributed by atoms with E-state index >= 15 is 0 Å². The van der Waals surface area contributed by atoms with E-state index in [0.717, 1.165) is 6.07 Å². The fourth-order valence-electron chi connectivity index (χ4n) is 0.584. The van der Waals surface area contributed by atoms with Crippen LogP contribution in [0, 0.1) is 0 Å². The average Bonchev–Trinajstić information content (AvgIpc) is 1.85. The molecule has 0 radical (unpaired) electrons. The molecule has 12 heavy (non-hydrogen) atoms. The van der Waals surface area contributed by atoms with Crippen LogP contribution in [0.4, 0.5) is 0 Å². The minimum atomic E-state index is -1.34. The van der Waals surface area contributed by atoms with E-state index in [1.165, 1.54) is 0 Å². The third kappa shape index (κ3) is 2.38. The van der Waals surface area contributed by atoms with E-state index in [-0.39, 0.29) is 17.4 Å². The number of carboxylic acid groups (broad SMARTS) is 1. The van der Waals surface area contributed by atoms with Crippen molar-refractivity contribution in [2.45, 2.75) is 0 Å². The molecule has 0 aromatic carbocycles. The minimum Gasteiger partial charge on any atom is -0.477 e. The molecule has 1 aromatic heterocycles. The van der Waals surface area contributed by atoms with Crippen LogP contribution < -0.4 is 11.2 Å². The van der Waals surface area contributed by atoms with Gasteiger partial charge in [-0.2, -0.15) is 0 Å². The zero-order chi connectivity index (χ0) is 8.43. The first kappa shape index (κ1) is 10.7. The highest BCUT2D eigenvalue weighted by Gasteiger charge is 2.03. The van der Waals surface area contributed by atoms with E-state index in [1.807, 2.05) is 9.97 Å². The Balaban J connectivity index is 0.00000121. The van der Waals surface area contributed by atoms with E-state index in [0.29, 0.717) is 0 Å². The van der Waals surface area contributed by atoms with Crippen molar-refractivity contribution in [2.75, 3.05) is 0 Å². The number of H-pyrrole nitrogens is 2. The number of hydrogen-bond acceptors (Lipinski definition) is 3. The second-order valence-corrected chi connectivity index (χ2v) is 1.81. The van der Waals surface area contributed by atoms with E-state index in [9.17, 15) is 14.4 Å².